The molecule has 4 heteroatoms. The van der Waals surface area contributed by atoms with Crippen molar-refractivity contribution in [3.63, 3.8) is 0 Å². The highest BCUT2D eigenvalue weighted by Gasteiger charge is 2.04. The lowest BCUT2D eigenvalue weighted by atomic mass is 10.2. The number of hydrogen-bond donors (Lipinski definition) is 1. The van der Waals surface area contributed by atoms with Crippen LogP contribution in [0.2, 0.25) is 0 Å². The molecular weight excluding hydrogens is 204 g/mol. The lowest BCUT2D eigenvalue weighted by Crippen LogP contribution is -1.99. The molecule has 0 unspecified atom stereocenters. The summed E-state index contributed by atoms with van der Waals surface area (Å²) in [5.74, 6) is 1.50. The van der Waals surface area contributed by atoms with Gasteiger partial charge in [0.15, 0.2) is 11.5 Å². The number of benzene rings is 1. The second-order valence-corrected chi connectivity index (χ2v) is 3.24. The van der Waals surface area contributed by atoms with Crippen molar-refractivity contribution >= 4 is 6.21 Å². The third kappa shape index (κ3) is 3.46. The van der Waals surface area contributed by atoms with Crippen molar-refractivity contribution in [2.75, 3.05) is 20.8 Å². The Morgan fingerprint density at radius 2 is 2.19 bits per heavy atom. The SMILES string of the molecule is CCCOc1ccc(/C=N/NC)cc1OC. The molecule has 16 heavy (non-hydrogen) atoms. The molecule has 0 bridgehead atoms. The number of hydrazone groups is 1. The Kier molecular flexibility index (Phi) is 5.19. The van der Waals surface area contributed by atoms with Gasteiger partial charge in [0.05, 0.1) is 19.9 Å². The minimum atomic E-state index is 0.695. The third-order valence-electron chi connectivity index (χ3n) is 1.99. The van der Waals surface area contributed by atoms with Crippen molar-refractivity contribution < 1.29 is 9.47 Å². The number of ether oxygens (including phenoxy) is 2. The highest BCUT2D eigenvalue weighted by Crippen LogP contribution is 2.27. The molecule has 0 saturated carbocycles. The van der Waals surface area contributed by atoms with Crippen molar-refractivity contribution in [3.8, 4) is 11.5 Å². The van der Waals surface area contributed by atoms with Gasteiger partial charge in [0, 0.05) is 7.05 Å². The topological polar surface area (TPSA) is 42.8 Å². The largest absolute Gasteiger partial charge is 0.493 e. The molecule has 0 aliphatic carbocycles. The minimum Gasteiger partial charge on any atom is -0.493 e. The minimum absolute atomic E-state index is 0.695. The van der Waals surface area contributed by atoms with Crippen molar-refractivity contribution in [1.29, 1.82) is 0 Å². The summed E-state index contributed by atoms with van der Waals surface area (Å²) in [5, 5.41) is 3.94. The zero-order chi connectivity index (χ0) is 11.8. The summed E-state index contributed by atoms with van der Waals surface area (Å²) in [4.78, 5) is 0. The standard InChI is InChI=1S/C12H18N2O2/c1-4-7-16-11-6-5-10(9-14-13-2)8-12(11)15-3/h5-6,8-9,13H,4,7H2,1-3H3/b14-9+. The maximum Gasteiger partial charge on any atom is 0.161 e. The van der Waals surface area contributed by atoms with Crippen LogP contribution in [0.5, 0.6) is 11.5 Å². The van der Waals surface area contributed by atoms with E-state index < -0.39 is 0 Å². The molecule has 1 rings (SSSR count). The molecule has 0 heterocycles. The van der Waals surface area contributed by atoms with Crippen LogP contribution in [-0.2, 0) is 0 Å². The van der Waals surface area contributed by atoms with E-state index in [0.29, 0.717) is 6.61 Å². The first kappa shape index (κ1) is 12.4. The highest BCUT2D eigenvalue weighted by molar-refractivity contribution is 5.80. The number of nitrogens with zero attached hydrogens (tertiary/aromatic N) is 1. The molecule has 1 aromatic carbocycles. The van der Waals surface area contributed by atoms with E-state index in [1.807, 2.05) is 18.2 Å². The molecule has 0 saturated heterocycles. The molecule has 0 atom stereocenters. The van der Waals surface area contributed by atoms with E-state index in [1.54, 1.807) is 20.4 Å². The van der Waals surface area contributed by atoms with Crippen LogP contribution in [0.3, 0.4) is 0 Å². The van der Waals surface area contributed by atoms with Gasteiger partial charge in [-0.2, -0.15) is 5.10 Å². The third-order valence-corrected chi connectivity index (χ3v) is 1.99. The smallest absolute Gasteiger partial charge is 0.161 e. The van der Waals surface area contributed by atoms with Gasteiger partial charge in [-0.1, -0.05) is 6.92 Å². The van der Waals surface area contributed by atoms with E-state index in [1.165, 1.54) is 0 Å². The maximum absolute atomic E-state index is 5.55. The molecule has 0 spiro atoms. The van der Waals surface area contributed by atoms with Crippen molar-refractivity contribution in [2.45, 2.75) is 13.3 Å². The van der Waals surface area contributed by atoms with Crippen molar-refractivity contribution in [3.05, 3.63) is 23.8 Å². The lowest BCUT2D eigenvalue weighted by molar-refractivity contribution is 0.294. The summed E-state index contributed by atoms with van der Waals surface area (Å²) >= 11 is 0. The van der Waals surface area contributed by atoms with Gasteiger partial charge in [-0.05, 0) is 30.2 Å². The molecular formula is C12H18N2O2. The fraction of sp³-hybridized carbons (Fsp3) is 0.417. The maximum atomic E-state index is 5.55. The number of methoxy groups -OCH3 is 1. The molecule has 0 aliphatic rings. The zero-order valence-corrected chi connectivity index (χ0v) is 9.99. The second-order valence-electron chi connectivity index (χ2n) is 3.24. The van der Waals surface area contributed by atoms with E-state index in [0.717, 1.165) is 23.5 Å². The van der Waals surface area contributed by atoms with Crippen molar-refractivity contribution in [1.82, 2.24) is 5.43 Å². The lowest BCUT2D eigenvalue weighted by Gasteiger charge is -2.10. The summed E-state index contributed by atoms with van der Waals surface area (Å²) in [7, 11) is 3.39. The van der Waals surface area contributed by atoms with Crippen LogP contribution in [0.15, 0.2) is 23.3 Å². The fourth-order valence-corrected chi connectivity index (χ4v) is 1.23. The molecule has 1 N–H and O–H groups in total. The summed E-state index contributed by atoms with van der Waals surface area (Å²) in [6.07, 6.45) is 2.71. The fourth-order valence-electron chi connectivity index (χ4n) is 1.23. The summed E-state index contributed by atoms with van der Waals surface area (Å²) < 4.78 is 10.8. The van der Waals surface area contributed by atoms with Crippen LogP contribution in [0, 0.1) is 0 Å². The Hall–Kier alpha value is -1.71. The summed E-state index contributed by atoms with van der Waals surface area (Å²) in [5.41, 5.74) is 3.67. The van der Waals surface area contributed by atoms with E-state index >= 15 is 0 Å². The first-order chi connectivity index (χ1) is 7.81. The highest BCUT2D eigenvalue weighted by atomic mass is 16.5. The van der Waals surface area contributed by atoms with Crippen LogP contribution in [0.1, 0.15) is 18.9 Å². The van der Waals surface area contributed by atoms with Crippen LogP contribution < -0.4 is 14.9 Å². The van der Waals surface area contributed by atoms with Gasteiger partial charge in [-0.3, -0.25) is 0 Å². The zero-order valence-electron chi connectivity index (χ0n) is 9.99. The van der Waals surface area contributed by atoms with E-state index in [9.17, 15) is 0 Å². The number of hydrogen-bond acceptors (Lipinski definition) is 4. The molecule has 0 radical (unpaired) electrons. The first-order valence-electron chi connectivity index (χ1n) is 5.32. The Bertz CT molecular complexity index is 351. The van der Waals surface area contributed by atoms with Gasteiger partial charge in [-0.25, -0.2) is 0 Å². The van der Waals surface area contributed by atoms with Gasteiger partial charge < -0.3 is 14.9 Å². The van der Waals surface area contributed by atoms with Crippen LogP contribution in [-0.4, -0.2) is 27.0 Å². The predicted molar refractivity (Wildman–Crippen MR) is 65.4 cm³/mol. The van der Waals surface area contributed by atoms with E-state index in [4.69, 9.17) is 9.47 Å². The average Bonchev–Trinajstić information content (AvgIpc) is 2.34. The average molecular weight is 222 g/mol. The van der Waals surface area contributed by atoms with Gasteiger partial charge in [0.1, 0.15) is 0 Å². The summed E-state index contributed by atoms with van der Waals surface area (Å²) in [6.45, 7) is 2.76. The molecule has 0 amide bonds. The van der Waals surface area contributed by atoms with E-state index in [-0.39, 0.29) is 0 Å². The predicted octanol–water partition coefficient (Wildman–Crippen LogP) is 2.04. The van der Waals surface area contributed by atoms with Crippen LogP contribution in [0.25, 0.3) is 0 Å². The quantitative estimate of drug-likeness (QED) is 0.591. The Balaban J connectivity index is 2.83. The Morgan fingerprint density at radius 1 is 1.38 bits per heavy atom. The molecule has 88 valence electrons. The van der Waals surface area contributed by atoms with Gasteiger partial charge in [-0.15, -0.1) is 0 Å². The van der Waals surface area contributed by atoms with Crippen LogP contribution >= 0.6 is 0 Å². The molecule has 0 aromatic heterocycles. The second kappa shape index (κ2) is 6.71. The molecule has 0 aliphatic heterocycles. The van der Waals surface area contributed by atoms with Crippen LogP contribution in [0.4, 0.5) is 0 Å². The molecule has 0 fully saturated rings. The van der Waals surface area contributed by atoms with Crippen molar-refractivity contribution in [2.24, 2.45) is 5.10 Å². The van der Waals surface area contributed by atoms with Gasteiger partial charge in [0.2, 0.25) is 0 Å². The Morgan fingerprint density at radius 3 is 2.81 bits per heavy atom. The Labute approximate surface area is 96.3 Å². The van der Waals surface area contributed by atoms with E-state index in [2.05, 4.69) is 17.5 Å². The molecule has 1 aromatic rings. The summed E-state index contributed by atoms with van der Waals surface area (Å²) in [6, 6.07) is 5.73. The number of rotatable bonds is 6. The van der Waals surface area contributed by atoms with Gasteiger partial charge in [0.25, 0.3) is 0 Å². The first-order valence-corrected chi connectivity index (χ1v) is 5.32. The number of nitrogens with one attached hydrogen (secondary N) is 1. The molecule has 4 nitrogen and oxygen atoms in total. The normalized spacial score (nSPS) is 10.4. The van der Waals surface area contributed by atoms with Gasteiger partial charge >= 0.3 is 0 Å². The monoisotopic (exact) mass is 222 g/mol.